The molecular formula is C14H22N2. The predicted octanol–water partition coefficient (Wildman–Crippen LogP) is 2.79. The van der Waals surface area contributed by atoms with Gasteiger partial charge in [0.25, 0.3) is 0 Å². The Morgan fingerprint density at radius 2 is 2.19 bits per heavy atom. The standard InChI is InChI=1S/C14H22N2/c1-15-13-7-3-2-6-12(10-13)11-14-8-4-5-9-16-14/h4-5,8-9,12-13,15H,2-3,6-7,10-11H2,1H3. The molecule has 1 aromatic rings. The Morgan fingerprint density at radius 3 is 2.94 bits per heavy atom. The molecule has 1 fully saturated rings. The van der Waals surface area contributed by atoms with Gasteiger partial charge in [-0.15, -0.1) is 0 Å². The Balaban J connectivity index is 1.93. The van der Waals surface area contributed by atoms with Gasteiger partial charge in [0.05, 0.1) is 0 Å². The van der Waals surface area contributed by atoms with Gasteiger partial charge in [-0.25, -0.2) is 0 Å². The summed E-state index contributed by atoms with van der Waals surface area (Å²) in [6.07, 6.45) is 9.84. The van der Waals surface area contributed by atoms with Crippen molar-refractivity contribution < 1.29 is 0 Å². The largest absolute Gasteiger partial charge is 0.317 e. The highest BCUT2D eigenvalue weighted by Gasteiger charge is 2.19. The minimum atomic E-state index is 0.719. The molecule has 0 bridgehead atoms. The lowest BCUT2D eigenvalue weighted by Crippen LogP contribution is -2.26. The Labute approximate surface area is 98.5 Å². The summed E-state index contributed by atoms with van der Waals surface area (Å²) in [4.78, 5) is 4.43. The van der Waals surface area contributed by atoms with E-state index in [1.165, 1.54) is 37.8 Å². The molecule has 1 aliphatic rings. The number of nitrogens with zero attached hydrogens (tertiary/aromatic N) is 1. The van der Waals surface area contributed by atoms with Crippen LogP contribution in [0.3, 0.4) is 0 Å². The van der Waals surface area contributed by atoms with Crippen LogP contribution in [0.1, 0.15) is 37.8 Å². The Bertz CT molecular complexity index is 297. The van der Waals surface area contributed by atoms with Gasteiger partial charge in [0.1, 0.15) is 0 Å². The summed E-state index contributed by atoms with van der Waals surface area (Å²) in [5.41, 5.74) is 1.25. The van der Waals surface area contributed by atoms with Crippen LogP contribution in [-0.4, -0.2) is 18.1 Å². The van der Waals surface area contributed by atoms with Crippen LogP contribution in [0.5, 0.6) is 0 Å². The molecule has 1 heterocycles. The topological polar surface area (TPSA) is 24.9 Å². The number of hydrogen-bond acceptors (Lipinski definition) is 2. The molecular weight excluding hydrogens is 196 g/mol. The van der Waals surface area contributed by atoms with Crippen LogP contribution < -0.4 is 5.32 Å². The van der Waals surface area contributed by atoms with Crippen molar-refractivity contribution in [2.24, 2.45) is 5.92 Å². The van der Waals surface area contributed by atoms with Gasteiger partial charge in [0, 0.05) is 17.9 Å². The average Bonchev–Trinajstić information content (AvgIpc) is 2.55. The summed E-state index contributed by atoms with van der Waals surface area (Å²) in [6.45, 7) is 0. The summed E-state index contributed by atoms with van der Waals surface area (Å²) in [5, 5.41) is 3.44. The molecule has 2 atom stereocenters. The molecule has 1 aromatic heterocycles. The van der Waals surface area contributed by atoms with E-state index >= 15 is 0 Å². The molecule has 0 radical (unpaired) electrons. The van der Waals surface area contributed by atoms with Gasteiger partial charge in [-0.2, -0.15) is 0 Å². The first-order valence-corrected chi connectivity index (χ1v) is 6.45. The molecule has 88 valence electrons. The number of hydrogen-bond donors (Lipinski definition) is 1. The van der Waals surface area contributed by atoms with E-state index in [-0.39, 0.29) is 0 Å². The Kier molecular flexibility index (Phi) is 4.34. The van der Waals surface area contributed by atoms with Crippen molar-refractivity contribution in [3.05, 3.63) is 30.1 Å². The summed E-state index contributed by atoms with van der Waals surface area (Å²) >= 11 is 0. The molecule has 2 nitrogen and oxygen atoms in total. The quantitative estimate of drug-likeness (QED) is 0.789. The van der Waals surface area contributed by atoms with Gasteiger partial charge in [-0.3, -0.25) is 4.98 Å². The second-order valence-corrected chi connectivity index (χ2v) is 4.90. The summed E-state index contributed by atoms with van der Waals surface area (Å²) < 4.78 is 0. The minimum Gasteiger partial charge on any atom is -0.317 e. The normalized spacial score (nSPS) is 26.3. The van der Waals surface area contributed by atoms with Gasteiger partial charge in [0.15, 0.2) is 0 Å². The number of nitrogens with one attached hydrogen (secondary N) is 1. The zero-order chi connectivity index (χ0) is 11.2. The van der Waals surface area contributed by atoms with Gasteiger partial charge < -0.3 is 5.32 Å². The molecule has 16 heavy (non-hydrogen) atoms. The average molecular weight is 218 g/mol. The first-order chi connectivity index (χ1) is 7.88. The predicted molar refractivity (Wildman–Crippen MR) is 67.4 cm³/mol. The van der Waals surface area contributed by atoms with Crippen molar-refractivity contribution in [2.75, 3.05) is 7.05 Å². The Morgan fingerprint density at radius 1 is 1.31 bits per heavy atom. The SMILES string of the molecule is CNC1CCCCC(Cc2ccccn2)C1. The zero-order valence-corrected chi connectivity index (χ0v) is 10.2. The molecule has 0 spiro atoms. The van der Waals surface area contributed by atoms with Crippen LogP contribution in [0.4, 0.5) is 0 Å². The smallest absolute Gasteiger partial charge is 0.0406 e. The van der Waals surface area contributed by atoms with Crippen molar-refractivity contribution >= 4 is 0 Å². The highest BCUT2D eigenvalue weighted by Crippen LogP contribution is 2.25. The molecule has 0 saturated heterocycles. The monoisotopic (exact) mass is 218 g/mol. The highest BCUT2D eigenvalue weighted by molar-refractivity contribution is 5.04. The van der Waals surface area contributed by atoms with E-state index in [0.717, 1.165) is 18.4 Å². The fourth-order valence-corrected chi connectivity index (χ4v) is 2.72. The van der Waals surface area contributed by atoms with Crippen molar-refractivity contribution in [3.63, 3.8) is 0 Å². The van der Waals surface area contributed by atoms with Crippen molar-refractivity contribution in [1.82, 2.24) is 10.3 Å². The van der Waals surface area contributed by atoms with Gasteiger partial charge in [0.2, 0.25) is 0 Å². The lowest BCUT2D eigenvalue weighted by Gasteiger charge is -2.19. The molecule has 1 aliphatic carbocycles. The fraction of sp³-hybridized carbons (Fsp3) is 0.643. The van der Waals surface area contributed by atoms with E-state index in [0.29, 0.717) is 0 Å². The maximum absolute atomic E-state index is 4.43. The van der Waals surface area contributed by atoms with E-state index in [4.69, 9.17) is 0 Å². The van der Waals surface area contributed by atoms with Gasteiger partial charge >= 0.3 is 0 Å². The molecule has 0 amide bonds. The van der Waals surface area contributed by atoms with Crippen LogP contribution in [0.25, 0.3) is 0 Å². The molecule has 2 unspecified atom stereocenters. The van der Waals surface area contributed by atoms with Crippen LogP contribution in [0, 0.1) is 5.92 Å². The van der Waals surface area contributed by atoms with E-state index < -0.39 is 0 Å². The molecule has 1 N–H and O–H groups in total. The first-order valence-electron chi connectivity index (χ1n) is 6.45. The van der Waals surface area contributed by atoms with Crippen molar-refractivity contribution in [3.8, 4) is 0 Å². The molecule has 2 rings (SSSR count). The third kappa shape index (κ3) is 3.31. The highest BCUT2D eigenvalue weighted by atomic mass is 14.9. The molecule has 1 saturated carbocycles. The lowest BCUT2D eigenvalue weighted by molar-refractivity contribution is 0.398. The lowest BCUT2D eigenvalue weighted by atomic mass is 9.93. The van der Waals surface area contributed by atoms with Crippen molar-refractivity contribution in [1.29, 1.82) is 0 Å². The molecule has 0 aromatic carbocycles. The van der Waals surface area contributed by atoms with E-state index in [1.54, 1.807) is 0 Å². The maximum atomic E-state index is 4.43. The van der Waals surface area contributed by atoms with Crippen LogP contribution in [-0.2, 0) is 6.42 Å². The third-order valence-corrected chi connectivity index (χ3v) is 3.67. The molecule has 0 aliphatic heterocycles. The van der Waals surface area contributed by atoms with Crippen molar-refractivity contribution in [2.45, 2.75) is 44.6 Å². The van der Waals surface area contributed by atoms with Gasteiger partial charge in [-0.05, 0) is 44.4 Å². The fourth-order valence-electron chi connectivity index (χ4n) is 2.72. The number of pyridine rings is 1. The number of aromatic nitrogens is 1. The van der Waals surface area contributed by atoms with Crippen LogP contribution in [0.2, 0.25) is 0 Å². The van der Waals surface area contributed by atoms with Crippen LogP contribution in [0.15, 0.2) is 24.4 Å². The molecule has 2 heteroatoms. The zero-order valence-electron chi connectivity index (χ0n) is 10.2. The Hall–Kier alpha value is -0.890. The van der Waals surface area contributed by atoms with E-state index in [9.17, 15) is 0 Å². The first kappa shape index (κ1) is 11.6. The summed E-state index contributed by atoms with van der Waals surface area (Å²) in [7, 11) is 2.09. The van der Waals surface area contributed by atoms with E-state index in [1.807, 2.05) is 12.3 Å². The second kappa shape index (κ2) is 6.00. The van der Waals surface area contributed by atoms with Crippen LogP contribution >= 0.6 is 0 Å². The minimum absolute atomic E-state index is 0.719. The maximum Gasteiger partial charge on any atom is 0.0406 e. The number of rotatable bonds is 3. The third-order valence-electron chi connectivity index (χ3n) is 3.67. The van der Waals surface area contributed by atoms with E-state index in [2.05, 4.69) is 29.5 Å². The summed E-state index contributed by atoms with van der Waals surface area (Å²) in [5.74, 6) is 0.815. The van der Waals surface area contributed by atoms with Gasteiger partial charge in [-0.1, -0.05) is 25.3 Å². The second-order valence-electron chi connectivity index (χ2n) is 4.90. The summed E-state index contributed by atoms with van der Waals surface area (Å²) in [6, 6.07) is 6.96.